The van der Waals surface area contributed by atoms with Gasteiger partial charge in [-0.2, -0.15) is 0 Å². The minimum absolute atomic E-state index is 0.0270. The van der Waals surface area contributed by atoms with E-state index in [2.05, 4.69) is 34.9 Å². The summed E-state index contributed by atoms with van der Waals surface area (Å²) in [5, 5.41) is 14.3. The minimum atomic E-state index is -0.912. The third-order valence-electron chi connectivity index (χ3n) is 5.79. The number of amides is 2. The second-order valence-corrected chi connectivity index (χ2v) is 8.39. The van der Waals surface area contributed by atoms with Crippen LogP contribution in [0.3, 0.4) is 0 Å². The third kappa shape index (κ3) is 5.43. The van der Waals surface area contributed by atoms with E-state index in [0.29, 0.717) is 11.3 Å². The number of hydrogen-bond acceptors (Lipinski definition) is 4. The normalized spacial score (nSPS) is 12.9. The lowest BCUT2D eigenvalue weighted by atomic mass is 9.98. The number of carbonyl (C=O) groups excluding carboxylic acids is 2. The fourth-order valence-electron chi connectivity index (χ4n) is 4.26. The molecule has 0 heterocycles. The van der Waals surface area contributed by atoms with E-state index in [-0.39, 0.29) is 31.3 Å². The Hall–Kier alpha value is -4.13. The van der Waals surface area contributed by atoms with Gasteiger partial charge in [0, 0.05) is 24.1 Å². The molecule has 2 amide bonds. The SMILES string of the molecule is C[C@H](CC(=O)Nc1ccc(CC(=O)O)cc1)NC(=O)OCC1c2ccccc2-c2ccccc21. The summed E-state index contributed by atoms with van der Waals surface area (Å²) in [6.45, 7) is 1.94. The van der Waals surface area contributed by atoms with Gasteiger partial charge in [-0.3, -0.25) is 9.59 Å². The maximum Gasteiger partial charge on any atom is 0.407 e. The van der Waals surface area contributed by atoms with Gasteiger partial charge in [0.25, 0.3) is 0 Å². The van der Waals surface area contributed by atoms with Gasteiger partial charge >= 0.3 is 12.1 Å². The molecule has 7 nitrogen and oxygen atoms in total. The van der Waals surface area contributed by atoms with E-state index in [0.717, 1.165) is 22.3 Å². The van der Waals surface area contributed by atoms with E-state index in [1.165, 1.54) is 0 Å². The van der Waals surface area contributed by atoms with Crippen molar-refractivity contribution in [1.82, 2.24) is 5.32 Å². The van der Waals surface area contributed by atoms with Gasteiger partial charge < -0.3 is 20.5 Å². The van der Waals surface area contributed by atoms with Crippen LogP contribution in [0.2, 0.25) is 0 Å². The molecule has 4 rings (SSSR count). The summed E-state index contributed by atoms with van der Waals surface area (Å²) in [5.41, 5.74) is 5.81. The lowest BCUT2D eigenvalue weighted by molar-refractivity contribution is -0.136. The van der Waals surface area contributed by atoms with Crippen molar-refractivity contribution in [1.29, 1.82) is 0 Å². The molecule has 3 N–H and O–H groups in total. The van der Waals surface area contributed by atoms with E-state index in [4.69, 9.17) is 9.84 Å². The molecule has 0 aromatic heterocycles. The Bertz CT molecular complexity index is 1160. The first-order valence-electron chi connectivity index (χ1n) is 11.1. The molecule has 0 fully saturated rings. The summed E-state index contributed by atoms with van der Waals surface area (Å²) in [4.78, 5) is 35.5. The van der Waals surface area contributed by atoms with Crippen molar-refractivity contribution in [2.45, 2.75) is 31.7 Å². The molecule has 1 aliphatic rings. The Morgan fingerprint density at radius 1 is 0.912 bits per heavy atom. The summed E-state index contributed by atoms with van der Waals surface area (Å²) >= 11 is 0. The Kier molecular flexibility index (Phi) is 6.92. The zero-order valence-electron chi connectivity index (χ0n) is 18.8. The first-order valence-corrected chi connectivity index (χ1v) is 11.1. The average Bonchev–Trinajstić information content (AvgIpc) is 3.12. The maximum absolute atomic E-state index is 12.4. The van der Waals surface area contributed by atoms with E-state index in [9.17, 15) is 14.4 Å². The van der Waals surface area contributed by atoms with Crippen molar-refractivity contribution in [3.05, 3.63) is 89.5 Å². The highest BCUT2D eigenvalue weighted by Crippen LogP contribution is 2.44. The van der Waals surface area contributed by atoms with Gasteiger partial charge in [0.05, 0.1) is 6.42 Å². The number of aliphatic carboxylic acids is 1. The highest BCUT2D eigenvalue weighted by molar-refractivity contribution is 5.91. The molecule has 0 unspecified atom stereocenters. The Morgan fingerprint density at radius 3 is 2.09 bits per heavy atom. The number of carboxylic acids is 1. The Labute approximate surface area is 197 Å². The summed E-state index contributed by atoms with van der Waals surface area (Å²) in [6, 6.07) is 22.4. The Balaban J connectivity index is 1.27. The number of carboxylic acid groups (broad SMARTS) is 1. The maximum atomic E-state index is 12.4. The molecular formula is C27H26N2O5. The van der Waals surface area contributed by atoms with E-state index in [1.54, 1.807) is 31.2 Å². The van der Waals surface area contributed by atoms with Crippen LogP contribution in [0.15, 0.2) is 72.8 Å². The van der Waals surface area contributed by atoms with Gasteiger partial charge in [-0.1, -0.05) is 60.7 Å². The highest BCUT2D eigenvalue weighted by atomic mass is 16.5. The lowest BCUT2D eigenvalue weighted by Gasteiger charge is -2.17. The van der Waals surface area contributed by atoms with Crippen molar-refractivity contribution in [3.8, 4) is 11.1 Å². The van der Waals surface area contributed by atoms with Gasteiger partial charge in [0.2, 0.25) is 5.91 Å². The molecule has 3 aromatic rings. The monoisotopic (exact) mass is 458 g/mol. The number of rotatable bonds is 8. The van der Waals surface area contributed by atoms with Crippen molar-refractivity contribution in [3.63, 3.8) is 0 Å². The number of ether oxygens (including phenoxy) is 1. The first-order chi connectivity index (χ1) is 16.4. The molecule has 1 atom stereocenters. The number of alkyl carbamates (subject to hydrolysis) is 1. The van der Waals surface area contributed by atoms with Crippen molar-refractivity contribution in [2.75, 3.05) is 11.9 Å². The summed E-state index contributed by atoms with van der Waals surface area (Å²) in [7, 11) is 0. The molecule has 0 radical (unpaired) electrons. The molecule has 3 aromatic carbocycles. The van der Waals surface area contributed by atoms with Crippen molar-refractivity contribution in [2.24, 2.45) is 0 Å². The predicted molar refractivity (Wildman–Crippen MR) is 129 cm³/mol. The molecule has 0 spiro atoms. The van der Waals surface area contributed by atoms with Crippen LogP contribution in [-0.4, -0.2) is 35.7 Å². The van der Waals surface area contributed by atoms with Gasteiger partial charge in [-0.05, 0) is 46.9 Å². The molecule has 0 saturated carbocycles. The van der Waals surface area contributed by atoms with E-state index < -0.39 is 18.1 Å². The molecule has 34 heavy (non-hydrogen) atoms. The smallest absolute Gasteiger partial charge is 0.407 e. The number of carbonyl (C=O) groups is 3. The van der Waals surface area contributed by atoms with Crippen molar-refractivity contribution < 1.29 is 24.2 Å². The zero-order valence-corrected chi connectivity index (χ0v) is 18.8. The largest absolute Gasteiger partial charge is 0.481 e. The molecule has 1 aliphatic carbocycles. The zero-order chi connectivity index (χ0) is 24.1. The summed E-state index contributed by atoms with van der Waals surface area (Å²) in [5.74, 6) is -1.21. The number of anilines is 1. The van der Waals surface area contributed by atoms with Crippen LogP contribution in [0.5, 0.6) is 0 Å². The summed E-state index contributed by atoms with van der Waals surface area (Å²) < 4.78 is 5.53. The van der Waals surface area contributed by atoms with Crippen LogP contribution >= 0.6 is 0 Å². The average molecular weight is 459 g/mol. The molecular weight excluding hydrogens is 432 g/mol. The Morgan fingerprint density at radius 2 is 1.50 bits per heavy atom. The third-order valence-corrected chi connectivity index (χ3v) is 5.79. The number of fused-ring (bicyclic) bond motifs is 3. The van der Waals surface area contributed by atoms with E-state index in [1.807, 2.05) is 24.3 Å². The number of nitrogens with one attached hydrogen (secondary N) is 2. The standard InChI is InChI=1S/C27H26N2O5/c1-17(14-25(30)29-19-12-10-18(11-13-19)15-26(31)32)28-27(33)34-16-24-22-8-4-2-6-20(22)21-7-3-5-9-23(21)24/h2-13,17,24H,14-16H2,1H3,(H,28,33)(H,29,30)(H,31,32)/t17-/m1/s1. The van der Waals surface area contributed by atoms with E-state index >= 15 is 0 Å². The number of benzene rings is 3. The van der Waals surface area contributed by atoms with Crippen LogP contribution in [-0.2, 0) is 20.7 Å². The van der Waals surface area contributed by atoms with Crippen LogP contribution in [0.1, 0.15) is 36.0 Å². The fourth-order valence-corrected chi connectivity index (χ4v) is 4.26. The summed E-state index contributed by atoms with van der Waals surface area (Å²) in [6.07, 6.45) is -0.573. The predicted octanol–water partition coefficient (Wildman–Crippen LogP) is 4.57. The molecule has 0 bridgehead atoms. The second kappa shape index (κ2) is 10.2. The molecule has 0 aliphatic heterocycles. The minimum Gasteiger partial charge on any atom is -0.481 e. The van der Waals surface area contributed by atoms with Gasteiger partial charge in [-0.15, -0.1) is 0 Å². The van der Waals surface area contributed by atoms with Crippen LogP contribution in [0.25, 0.3) is 11.1 Å². The number of hydrogen-bond donors (Lipinski definition) is 3. The topological polar surface area (TPSA) is 105 Å². The van der Waals surface area contributed by atoms with Gasteiger partial charge in [0.15, 0.2) is 0 Å². The molecule has 174 valence electrons. The van der Waals surface area contributed by atoms with Crippen molar-refractivity contribution >= 4 is 23.7 Å². The van der Waals surface area contributed by atoms with Crippen LogP contribution in [0.4, 0.5) is 10.5 Å². The molecule has 0 saturated heterocycles. The van der Waals surface area contributed by atoms with Crippen LogP contribution < -0.4 is 10.6 Å². The lowest BCUT2D eigenvalue weighted by Crippen LogP contribution is -2.36. The van der Waals surface area contributed by atoms with Crippen LogP contribution in [0, 0.1) is 0 Å². The van der Waals surface area contributed by atoms with Gasteiger partial charge in [0.1, 0.15) is 6.61 Å². The molecule has 7 heteroatoms. The quantitative estimate of drug-likeness (QED) is 0.459. The fraction of sp³-hybridized carbons (Fsp3) is 0.222. The van der Waals surface area contributed by atoms with Gasteiger partial charge in [-0.25, -0.2) is 4.79 Å². The second-order valence-electron chi connectivity index (χ2n) is 8.39. The first kappa shape index (κ1) is 23.0. The highest BCUT2D eigenvalue weighted by Gasteiger charge is 2.29.